The zero-order valence-electron chi connectivity index (χ0n) is 17.7. The van der Waals surface area contributed by atoms with Crippen LogP contribution in [0.3, 0.4) is 0 Å². The average molecular weight is 409 g/mol. The van der Waals surface area contributed by atoms with Gasteiger partial charge in [0.1, 0.15) is 5.82 Å². The van der Waals surface area contributed by atoms with Crippen molar-refractivity contribution in [3.05, 3.63) is 53.2 Å². The third kappa shape index (κ3) is 4.84. The van der Waals surface area contributed by atoms with E-state index in [9.17, 15) is 9.59 Å². The molecule has 158 valence electrons. The van der Waals surface area contributed by atoms with E-state index >= 15 is 0 Å². The number of piperidine rings is 1. The molecular formula is C23H28N4O3. The van der Waals surface area contributed by atoms with Crippen molar-refractivity contribution >= 4 is 29.1 Å². The van der Waals surface area contributed by atoms with E-state index in [2.05, 4.69) is 10.3 Å². The van der Waals surface area contributed by atoms with Crippen LogP contribution in [0.15, 0.2) is 36.4 Å². The summed E-state index contributed by atoms with van der Waals surface area (Å²) in [5.41, 5.74) is 3.03. The van der Waals surface area contributed by atoms with Gasteiger partial charge in [-0.2, -0.15) is 0 Å². The van der Waals surface area contributed by atoms with E-state index < -0.39 is 5.97 Å². The number of rotatable bonds is 6. The highest BCUT2D eigenvalue weighted by atomic mass is 16.5. The molecule has 0 radical (unpaired) electrons. The van der Waals surface area contributed by atoms with Gasteiger partial charge in [0.05, 0.1) is 6.61 Å². The number of pyridine rings is 1. The van der Waals surface area contributed by atoms with Crippen LogP contribution in [0.25, 0.3) is 0 Å². The van der Waals surface area contributed by atoms with Crippen LogP contribution in [0.5, 0.6) is 0 Å². The number of carbonyl (C=O) groups excluding carboxylic acids is 2. The van der Waals surface area contributed by atoms with Gasteiger partial charge >= 0.3 is 5.97 Å². The lowest BCUT2D eigenvalue weighted by atomic mass is 9.85. The van der Waals surface area contributed by atoms with Crippen molar-refractivity contribution in [1.82, 2.24) is 9.88 Å². The standard InChI is InChI=1S/C23H28N4O3/c1-4-30-23(29)20-14-19(17-10-12-27(13-11-17)16(3)28)21(15(2)24)22(26-20)25-18-8-6-5-7-9-18/h5-9,14,17,24H,4,10-13H2,1-3H3,(H,25,26). The van der Waals surface area contributed by atoms with Crippen LogP contribution in [0, 0.1) is 5.41 Å². The minimum atomic E-state index is -0.481. The number of hydrogen-bond acceptors (Lipinski definition) is 6. The number of hydrogen-bond donors (Lipinski definition) is 2. The number of ether oxygens (including phenoxy) is 1. The fraction of sp³-hybridized carbons (Fsp3) is 0.391. The number of nitrogens with zero attached hydrogens (tertiary/aromatic N) is 2. The predicted octanol–water partition coefficient (Wildman–Crippen LogP) is 4.12. The summed E-state index contributed by atoms with van der Waals surface area (Å²) in [7, 11) is 0. The molecule has 2 N–H and O–H groups in total. The highest BCUT2D eigenvalue weighted by molar-refractivity contribution is 6.04. The Morgan fingerprint density at radius 2 is 1.87 bits per heavy atom. The molecule has 1 saturated heterocycles. The lowest BCUT2D eigenvalue weighted by Gasteiger charge is -2.33. The van der Waals surface area contributed by atoms with E-state index in [1.54, 1.807) is 26.8 Å². The van der Waals surface area contributed by atoms with Gasteiger partial charge in [-0.15, -0.1) is 0 Å². The third-order valence-corrected chi connectivity index (χ3v) is 5.33. The number of nitrogens with one attached hydrogen (secondary N) is 2. The number of esters is 1. The topological polar surface area (TPSA) is 95.4 Å². The quantitative estimate of drug-likeness (QED) is 0.554. The maximum Gasteiger partial charge on any atom is 0.357 e. The van der Waals surface area contributed by atoms with Crippen LogP contribution in [-0.4, -0.2) is 47.2 Å². The summed E-state index contributed by atoms with van der Waals surface area (Å²) < 4.78 is 5.19. The van der Waals surface area contributed by atoms with Crippen molar-refractivity contribution in [1.29, 1.82) is 5.41 Å². The highest BCUT2D eigenvalue weighted by Crippen LogP contribution is 2.35. The zero-order chi connectivity index (χ0) is 21.7. The molecule has 1 aliphatic rings. The van der Waals surface area contributed by atoms with Gasteiger partial charge in [0.25, 0.3) is 0 Å². The monoisotopic (exact) mass is 408 g/mol. The predicted molar refractivity (Wildman–Crippen MR) is 117 cm³/mol. The Morgan fingerprint density at radius 3 is 2.43 bits per heavy atom. The maximum absolute atomic E-state index is 12.5. The number of likely N-dealkylation sites (tertiary alicyclic amines) is 1. The van der Waals surface area contributed by atoms with Crippen molar-refractivity contribution in [2.24, 2.45) is 0 Å². The normalized spacial score (nSPS) is 14.3. The van der Waals surface area contributed by atoms with Gasteiger partial charge in [0.15, 0.2) is 5.69 Å². The summed E-state index contributed by atoms with van der Waals surface area (Å²) >= 11 is 0. The van der Waals surface area contributed by atoms with E-state index in [-0.39, 0.29) is 24.1 Å². The van der Waals surface area contributed by atoms with E-state index in [1.165, 1.54) is 0 Å². The molecular weight excluding hydrogens is 380 g/mol. The van der Waals surface area contributed by atoms with Gasteiger partial charge in [0, 0.05) is 37.0 Å². The molecule has 0 spiro atoms. The lowest BCUT2D eigenvalue weighted by molar-refractivity contribution is -0.129. The van der Waals surface area contributed by atoms with Gasteiger partial charge in [0.2, 0.25) is 5.91 Å². The van der Waals surface area contributed by atoms with Crippen molar-refractivity contribution in [2.75, 3.05) is 25.0 Å². The van der Waals surface area contributed by atoms with E-state index in [0.717, 1.165) is 24.1 Å². The highest BCUT2D eigenvalue weighted by Gasteiger charge is 2.28. The van der Waals surface area contributed by atoms with Crippen LogP contribution >= 0.6 is 0 Å². The van der Waals surface area contributed by atoms with Crippen molar-refractivity contribution in [3.63, 3.8) is 0 Å². The Morgan fingerprint density at radius 1 is 1.20 bits per heavy atom. The molecule has 2 heterocycles. The van der Waals surface area contributed by atoms with Gasteiger partial charge < -0.3 is 20.4 Å². The minimum Gasteiger partial charge on any atom is -0.461 e. The van der Waals surface area contributed by atoms with Gasteiger partial charge in [-0.1, -0.05) is 18.2 Å². The zero-order valence-corrected chi connectivity index (χ0v) is 17.7. The molecule has 2 aromatic rings. The van der Waals surface area contributed by atoms with E-state index in [4.69, 9.17) is 10.1 Å². The second kappa shape index (κ2) is 9.52. The summed E-state index contributed by atoms with van der Waals surface area (Å²) in [6.07, 6.45) is 1.55. The molecule has 7 nitrogen and oxygen atoms in total. The fourth-order valence-electron chi connectivity index (χ4n) is 3.84. The minimum absolute atomic E-state index is 0.0743. The van der Waals surface area contributed by atoms with Crippen LogP contribution in [0.1, 0.15) is 61.1 Å². The SMILES string of the molecule is CCOC(=O)c1cc(C2CCN(C(C)=O)CC2)c(C(C)=N)c(Nc2ccccc2)n1. The molecule has 0 unspecified atom stereocenters. The number of anilines is 2. The molecule has 0 saturated carbocycles. The first-order valence-corrected chi connectivity index (χ1v) is 10.3. The summed E-state index contributed by atoms with van der Waals surface area (Å²) in [5.74, 6) is 0.196. The summed E-state index contributed by atoms with van der Waals surface area (Å²) in [6.45, 7) is 6.66. The molecule has 3 rings (SSSR count). The van der Waals surface area contributed by atoms with Gasteiger partial charge in [-0.05, 0) is 56.4 Å². The molecule has 1 aliphatic heterocycles. The first kappa shape index (κ1) is 21.5. The molecule has 1 fully saturated rings. The fourth-order valence-corrected chi connectivity index (χ4v) is 3.84. The molecule has 1 amide bonds. The third-order valence-electron chi connectivity index (χ3n) is 5.33. The summed E-state index contributed by atoms with van der Waals surface area (Å²) in [6, 6.07) is 11.3. The Kier molecular flexibility index (Phi) is 6.82. The molecule has 7 heteroatoms. The first-order chi connectivity index (χ1) is 14.4. The Labute approximate surface area is 177 Å². The molecule has 0 aliphatic carbocycles. The van der Waals surface area contributed by atoms with Crippen LogP contribution in [0.4, 0.5) is 11.5 Å². The van der Waals surface area contributed by atoms with E-state index in [1.807, 2.05) is 35.2 Å². The number of carbonyl (C=O) groups is 2. The smallest absolute Gasteiger partial charge is 0.357 e. The number of benzene rings is 1. The first-order valence-electron chi connectivity index (χ1n) is 10.3. The van der Waals surface area contributed by atoms with E-state index in [0.29, 0.717) is 30.2 Å². The Balaban J connectivity index is 2.05. The summed E-state index contributed by atoms with van der Waals surface area (Å²) in [5, 5.41) is 11.7. The number of amides is 1. The number of aromatic nitrogens is 1. The lowest BCUT2D eigenvalue weighted by Crippen LogP contribution is -2.36. The summed E-state index contributed by atoms with van der Waals surface area (Å²) in [4.78, 5) is 30.5. The second-order valence-electron chi connectivity index (χ2n) is 7.44. The molecule has 1 aromatic heterocycles. The van der Waals surface area contributed by atoms with Crippen LogP contribution in [-0.2, 0) is 9.53 Å². The molecule has 30 heavy (non-hydrogen) atoms. The second-order valence-corrected chi connectivity index (χ2v) is 7.44. The van der Waals surface area contributed by atoms with Crippen molar-refractivity contribution in [2.45, 2.75) is 39.5 Å². The molecule has 1 aromatic carbocycles. The Hall–Kier alpha value is -3.22. The Bertz CT molecular complexity index is 935. The van der Waals surface area contributed by atoms with Gasteiger partial charge in [-0.3, -0.25) is 4.79 Å². The molecule has 0 atom stereocenters. The van der Waals surface area contributed by atoms with Crippen LogP contribution < -0.4 is 5.32 Å². The largest absolute Gasteiger partial charge is 0.461 e. The van der Waals surface area contributed by atoms with Crippen molar-refractivity contribution in [3.8, 4) is 0 Å². The van der Waals surface area contributed by atoms with Gasteiger partial charge in [-0.25, -0.2) is 9.78 Å². The average Bonchev–Trinajstić information content (AvgIpc) is 2.74. The molecule has 0 bridgehead atoms. The maximum atomic E-state index is 12.5. The van der Waals surface area contributed by atoms with Crippen LogP contribution in [0.2, 0.25) is 0 Å². The number of para-hydroxylation sites is 1. The van der Waals surface area contributed by atoms with Crippen molar-refractivity contribution < 1.29 is 14.3 Å².